The Bertz CT molecular complexity index is 737. The predicted molar refractivity (Wildman–Crippen MR) is 94.3 cm³/mol. The number of hydrogen-bond donors (Lipinski definition) is 0. The SMILES string of the molecule is Cc1nc(-c2ccc3c(c2)N(CCC(C)C)C(=O)CO3)c(C)s1. The molecule has 1 aromatic carbocycles. The van der Waals surface area contributed by atoms with Crippen molar-refractivity contribution in [3.8, 4) is 17.0 Å². The summed E-state index contributed by atoms with van der Waals surface area (Å²) in [5, 5.41) is 1.05. The largest absolute Gasteiger partial charge is 0.482 e. The third kappa shape index (κ3) is 3.24. The second-order valence-corrected chi connectivity index (χ2v) is 7.74. The van der Waals surface area contributed by atoms with Gasteiger partial charge in [0.2, 0.25) is 0 Å². The molecule has 1 aliphatic heterocycles. The van der Waals surface area contributed by atoms with Crippen LogP contribution in [-0.4, -0.2) is 24.0 Å². The van der Waals surface area contributed by atoms with Gasteiger partial charge in [-0.3, -0.25) is 4.79 Å². The van der Waals surface area contributed by atoms with E-state index in [1.54, 1.807) is 11.3 Å². The number of benzene rings is 1. The fourth-order valence-corrected chi connectivity index (χ4v) is 3.62. The third-order valence-electron chi connectivity index (χ3n) is 4.01. The van der Waals surface area contributed by atoms with Crippen molar-refractivity contribution in [2.24, 2.45) is 5.92 Å². The van der Waals surface area contributed by atoms with Crippen LogP contribution in [0, 0.1) is 19.8 Å². The van der Waals surface area contributed by atoms with E-state index in [9.17, 15) is 4.79 Å². The van der Waals surface area contributed by atoms with Crippen molar-refractivity contribution >= 4 is 22.9 Å². The topological polar surface area (TPSA) is 42.4 Å². The molecular formula is C18H22N2O2S. The molecule has 2 heterocycles. The van der Waals surface area contributed by atoms with Gasteiger partial charge in [-0.1, -0.05) is 13.8 Å². The molecule has 0 saturated carbocycles. The lowest BCUT2D eigenvalue weighted by Gasteiger charge is -2.30. The van der Waals surface area contributed by atoms with Crippen molar-refractivity contribution in [2.75, 3.05) is 18.1 Å². The molecule has 0 radical (unpaired) electrons. The number of amides is 1. The Balaban J connectivity index is 1.99. The van der Waals surface area contributed by atoms with Gasteiger partial charge in [0.25, 0.3) is 5.91 Å². The Hall–Kier alpha value is -1.88. The Morgan fingerprint density at radius 1 is 1.35 bits per heavy atom. The second-order valence-electron chi connectivity index (χ2n) is 6.34. The van der Waals surface area contributed by atoms with Gasteiger partial charge in [0.1, 0.15) is 5.75 Å². The molecule has 1 aliphatic rings. The van der Waals surface area contributed by atoms with E-state index in [2.05, 4.69) is 25.8 Å². The average Bonchev–Trinajstić information content (AvgIpc) is 2.84. The highest BCUT2D eigenvalue weighted by Crippen LogP contribution is 2.37. The summed E-state index contributed by atoms with van der Waals surface area (Å²) < 4.78 is 5.59. The Kier molecular flexibility index (Phi) is 4.39. The third-order valence-corrected chi connectivity index (χ3v) is 4.90. The molecule has 2 aromatic rings. The van der Waals surface area contributed by atoms with Gasteiger partial charge in [0.15, 0.2) is 6.61 Å². The lowest BCUT2D eigenvalue weighted by molar-refractivity contribution is -0.121. The smallest absolute Gasteiger partial charge is 0.265 e. The highest BCUT2D eigenvalue weighted by Gasteiger charge is 2.26. The van der Waals surface area contributed by atoms with Crippen LogP contribution in [0.4, 0.5) is 5.69 Å². The van der Waals surface area contributed by atoms with Gasteiger partial charge in [-0.05, 0) is 44.4 Å². The first-order chi connectivity index (χ1) is 11.0. The van der Waals surface area contributed by atoms with Crippen LogP contribution in [0.1, 0.15) is 30.2 Å². The van der Waals surface area contributed by atoms with E-state index in [4.69, 9.17) is 4.74 Å². The molecule has 0 saturated heterocycles. The normalized spacial score (nSPS) is 14.1. The highest BCUT2D eigenvalue weighted by atomic mass is 32.1. The fraction of sp³-hybridized carbons (Fsp3) is 0.444. The van der Waals surface area contributed by atoms with Crippen molar-refractivity contribution in [3.63, 3.8) is 0 Å². The van der Waals surface area contributed by atoms with Gasteiger partial charge in [-0.25, -0.2) is 4.98 Å². The van der Waals surface area contributed by atoms with Gasteiger partial charge in [-0.15, -0.1) is 11.3 Å². The zero-order valence-electron chi connectivity index (χ0n) is 14.0. The van der Waals surface area contributed by atoms with Crippen LogP contribution in [0.25, 0.3) is 11.3 Å². The fourth-order valence-electron chi connectivity index (χ4n) is 2.78. The zero-order valence-corrected chi connectivity index (χ0v) is 14.9. The van der Waals surface area contributed by atoms with Crippen LogP contribution < -0.4 is 9.64 Å². The number of ether oxygens (including phenoxy) is 1. The lowest BCUT2D eigenvalue weighted by Crippen LogP contribution is -2.39. The summed E-state index contributed by atoms with van der Waals surface area (Å²) in [7, 11) is 0. The summed E-state index contributed by atoms with van der Waals surface area (Å²) in [4.78, 5) is 19.9. The van der Waals surface area contributed by atoms with Crippen molar-refractivity contribution in [2.45, 2.75) is 34.1 Å². The van der Waals surface area contributed by atoms with Crippen LogP contribution in [0.3, 0.4) is 0 Å². The van der Waals surface area contributed by atoms with Crippen LogP contribution in [0.15, 0.2) is 18.2 Å². The number of nitrogens with zero attached hydrogens (tertiary/aromatic N) is 2. The summed E-state index contributed by atoms with van der Waals surface area (Å²) in [5.74, 6) is 1.36. The summed E-state index contributed by atoms with van der Waals surface area (Å²) in [6, 6.07) is 6.01. The van der Waals surface area contributed by atoms with Crippen molar-refractivity contribution in [1.29, 1.82) is 0 Å². The van der Waals surface area contributed by atoms with E-state index in [-0.39, 0.29) is 12.5 Å². The first-order valence-electron chi connectivity index (χ1n) is 7.97. The van der Waals surface area contributed by atoms with Gasteiger partial charge in [-0.2, -0.15) is 0 Å². The van der Waals surface area contributed by atoms with Crippen LogP contribution >= 0.6 is 11.3 Å². The van der Waals surface area contributed by atoms with E-state index in [0.717, 1.165) is 40.7 Å². The van der Waals surface area contributed by atoms with Gasteiger partial charge < -0.3 is 9.64 Å². The molecular weight excluding hydrogens is 308 g/mol. The van der Waals surface area contributed by atoms with Crippen LogP contribution in [0.5, 0.6) is 5.75 Å². The molecule has 1 amide bonds. The van der Waals surface area contributed by atoms with E-state index >= 15 is 0 Å². The number of fused-ring (bicyclic) bond motifs is 1. The van der Waals surface area contributed by atoms with Crippen molar-refractivity contribution < 1.29 is 9.53 Å². The maximum absolute atomic E-state index is 12.3. The number of carbonyl (C=O) groups is 1. The molecule has 0 atom stereocenters. The zero-order chi connectivity index (χ0) is 16.6. The van der Waals surface area contributed by atoms with Crippen molar-refractivity contribution in [1.82, 2.24) is 4.98 Å². The van der Waals surface area contributed by atoms with E-state index in [1.807, 2.05) is 30.0 Å². The van der Waals surface area contributed by atoms with Gasteiger partial charge in [0.05, 0.1) is 16.4 Å². The summed E-state index contributed by atoms with van der Waals surface area (Å²) in [5.41, 5.74) is 2.90. The first-order valence-corrected chi connectivity index (χ1v) is 8.79. The number of hydrogen-bond acceptors (Lipinski definition) is 4. The maximum atomic E-state index is 12.3. The average molecular weight is 330 g/mol. The molecule has 0 bridgehead atoms. The summed E-state index contributed by atoms with van der Waals surface area (Å²) in [6.45, 7) is 9.29. The molecule has 0 unspecified atom stereocenters. The van der Waals surface area contributed by atoms with E-state index in [1.165, 1.54) is 4.88 Å². The standard InChI is InChI=1S/C18H22N2O2S/c1-11(2)7-8-20-15-9-14(18-12(3)23-13(4)19-18)5-6-16(15)22-10-17(20)21/h5-6,9,11H,7-8,10H2,1-4H3. The first kappa shape index (κ1) is 16.0. The molecule has 23 heavy (non-hydrogen) atoms. The minimum atomic E-state index is 0.0291. The minimum absolute atomic E-state index is 0.0291. The highest BCUT2D eigenvalue weighted by molar-refractivity contribution is 7.11. The molecule has 0 N–H and O–H groups in total. The molecule has 0 spiro atoms. The predicted octanol–water partition coefficient (Wildman–Crippen LogP) is 4.20. The Morgan fingerprint density at radius 2 is 2.13 bits per heavy atom. The maximum Gasteiger partial charge on any atom is 0.265 e. The molecule has 0 aliphatic carbocycles. The monoisotopic (exact) mass is 330 g/mol. The van der Waals surface area contributed by atoms with E-state index < -0.39 is 0 Å². The quantitative estimate of drug-likeness (QED) is 0.844. The Labute approximate surface area is 141 Å². The number of aryl methyl sites for hydroxylation is 2. The van der Waals surface area contributed by atoms with E-state index in [0.29, 0.717) is 5.92 Å². The van der Waals surface area contributed by atoms with Gasteiger partial charge in [0, 0.05) is 17.0 Å². The number of anilines is 1. The number of thiazole rings is 1. The lowest BCUT2D eigenvalue weighted by atomic mass is 10.1. The summed E-state index contributed by atoms with van der Waals surface area (Å²) in [6.07, 6.45) is 0.976. The minimum Gasteiger partial charge on any atom is -0.482 e. The molecule has 1 aromatic heterocycles. The van der Waals surface area contributed by atoms with Crippen molar-refractivity contribution in [3.05, 3.63) is 28.1 Å². The number of carbonyl (C=O) groups excluding carboxylic acids is 1. The molecule has 5 heteroatoms. The second kappa shape index (κ2) is 6.32. The molecule has 122 valence electrons. The van der Waals surface area contributed by atoms with Crippen LogP contribution in [0.2, 0.25) is 0 Å². The molecule has 4 nitrogen and oxygen atoms in total. The number of aromatic nitrogens is 1. The number of rotatable bonds is 4. The molecule has 0 fully saturated rings. The summed E-state index contributed by atoms with van der Waals surface area (Å²) >= 11 is 1.69. The van der Waals surface area contributed by atoms with Gasteiger partial charge >= 0.3 is 0 Å². The Morgan fingerprint density at radius 3 is 2.78 bits per heavy atom. The van der Waals surface area contributed by atoms with Crippen LogP contribution in [-0.2, 0) is 4.79 Å². The molecule has 3 rings (SSSR count).